The summed E-state index contributed by atoms with van der Waals surface area (Å²) in [4.78, 5) is 10.1. The fourth-order valence-electron chi connectivity index (χ4n) is 0.870. The molecule has 0 aliphatic heterocycles. The molecule has 14 heavy (non-hydrogen) atoms. The van der Waals surface area contributed by atoms with Crippen molar-refractivity contribution < 1.29 is 23.4 Å². The number of hydrogen-bond acceptors (Lipinski definition) is 3. The fourth-order valence-corrected chi connectivity index (χ4v) is 0.870. The van der Waals surface area contributed by atoms with Crippen molar-refractivity contribution in [2.45, 2.75) is 25.3 Å². The van der Waals surface area contributed by atoms with Gasteiger partial charge < -0.3 is 15.2 Å². The van der Waals surface area contributed by atoms with E-state index in [1.165, 1.54) is 7.11 Å². The molecule has 84 valence electrons. The zero-order valence-corrected chi connectivity index (χ0v) is 8.22. The topological polar surface area (TPSA) is 58.6 Å². The van der Waals surface area contributed by atoms with Gasteiger partial charge in [0.05, 0.1) is 13.2 Å². The molecule has 0 fully saturated rings. The van der Waals surface area contributed by atoms with E-state index < -0.39 is 18.4 Å². The van der Waals surface area contributed by atoms with Crippen LogP contribution in [0.15, 0.2) is 0 Å². The molecule has 0 spiro atoms. The van der Waals surface area contributed by atoms with Crippen LogP contribution in [0.2, 0.25) is 0 Å². The van der Waals surface area contributed by atoms with Crippen LogP contribution >= 0.6 is 0 Å². The Morgan fingerprint density at radius 3 is 2.57 bits per heavy atom. The number of carboxylic acids is 1. The van der Waals surface area contributed by atoms with Crippen molar-refractivity contribution in [3.63, 3.8) is 0 Å². The minimum Gasteiger partial charge on any atom is -0.477 e. The summed E-state index contributed by atoms with van der Waals surface area (Å²) in [5.74, 6) is -5.83. The Morgan fingerprint density at radius 2 is 2.21 bits per heavy atom. The maximum absolute atomic E-state index is 12.6. The van der Waals surface area contributed by atoms with Gasteiger partial charge in [0.15, 0.2) is 0 Å². The van der Waals surface area contributed by atoms with E-state index in [0.29, 0.717) is 6.42 Å². The molecule has 4 nitrogen and oxygen atoms in total. The highest BCUT2D eigenvalue weighted by molar-refractivity contribution is 5.75. The van der Waals surface area contributed by atoms with Crippen molar-refractivity contribution in [2.75, 3.05) is 20.3 Å². The van der Waals surface area contributed by atoms with Crippen LogP contribution in [0.25, 0.3) is 0 Å². The van der Waals surface area contributed by atoms with Crippen molar-refractivity contribution >= 4 is 5.97 Å². The molecule has 0 aromatic rings. The quantitative estimate of drug-likeness (QED) is 0.651. The standard InChI is InChI=1S/C8H15F2NO3/c1-3-6(4-14-2)11-5-8(9,10)7(12)13/h6,11H,3-5H2,1-2H3,(H,12,13). The number of aliphatic carboxylic acids is 1. The zero-order chi connectivity index (χ0) is 11.2. The molecule has 1 unspecified atom stereocenters. The molecule has 0 amide bonds. The molecule has 0 bridgehead atoms. The number of nitrogens with one attached hydrogen (secondary N) is 1. The van der Waals surface area contributed by atoms with Crippen molar-refractivity contribution in [2.24, 2.45) is 0 Å². The van der Waals surface area contributed by atoms with E-state index in [4.69, 9.17) is 9.84 Å². The molecule has 0 aliphatic carbocycles. The van der Waals surface area contributed by atoms with E-state index in [2.05, 4.69) is 5.32 Å². The van der Waals surface area contributed by atoms with Gasteiger partial charge >= 0.3 is 11.9 Å². The minimum absolute atomic E-state index is 0.245. The van der Waals surface area contributed by atoms with Crippen LogP contribution < -0.4 is 5.32 Å². The largest absolute Gasteiger partial charge is 0.477 e. The minimum atomic E-state index is -3.72. The Labute approximate surface area is 81.2 Å². The molecule has 0 radical (unpaired) electrons. The van der Waals surface area contributed by atoms with Crippen molar-refractivity contribution in [3.05, 3.63) is 0 Å². The third kappa shape index (κ3) is 4.48. The van der Waals surface area contributed by atoms with Crippen LogP contribution in [0, 0.1) is 0 Å². The monoisotopic (exact) mass is 211 g/mol. The van der Waals surface area contributed by atoms with E-state index in [0.717, 1.165) is 0 Å². The van der Waals surface area contributed by atoms with Crippen molar-refractivity contribution in [1.82, 2.24) is 5.32 Å². The van der Waals surface area contributed by atoms with Gasteiger partial charge in [0.1, 0.15) is 0 Å². The summed E-state index contributed by atoms with van der Waals surface area (Å²) >= 11 is 0. The predicted octanol–water partition coefficient (Wildman–Crippen LogP) is 0.721. The molecule has 0 rings (SSSR count). The molecule has 6 heteroatoms. The first-order chi connectivity index (χ1) is 6.44. The van der Waals surface area contributed by atoms with Gasteiger partial charge in [-0.15, -0.1) is 0 Å². The Bertz CT molecular complexity index is 187. The molecule has 0 saturated heterocycles. The number of halogens is 2. The Kier molecular flexibility index (Phi) is 5.56. The highest BCUT2D eigenvalue weighted by Crippen LogP contribution is 2.12. The maximum Gasteiger partial charge on any atom is 0.375 e. The van der Waals surface area contributed by atoms with Gasteiger partial charge in [0.25, 0.3) is 0 Å². The Hall–Kier alpha value is -0.750. The van der Waals surface area contributed by atoms with E-state index in [9.17, 15) is 13.6 Å². The first-order valence-corrected chi connectivity index (χ1v) is 4.27. The van der Waals surface area contributed by atoms with E-state index in [1.807, 2.05) is 0 Å². The van der Waals surface area contributed by atoms with Gasteiger partial charge in [-0.1, -0.05) is 6.92 Å². The molecule has 0 saturated carbocycles. The van der Waals surface area contributed by atoms with Gasteiger partial charge in [-0.2, -0.15) is 8.78 Å². The summed E-state index contributed by atoms with van der Waals surface area (Å²) in [7, 11) is 1.46. The smallest absolute Gasteiger partial charge is 0.375 e. The number of methoxy groups -OCH3 is 1. The number of carboxylic acid groups (broad SMARTS) is 1. The summed E-state index contributed by atoms with van der Waals surface area (Å²) < 4.78 is 29.9. The van der Waals surface area contributed by atoms with E-state index in [-0.39, 0.29) is 12.6 Å². The van der Waals surface area contributed by atoms with Crippen LogP contribution in [-0.4, -0.2) is 43.3 Å². The zero-order valence-electron chi connectivity index (χ0n) is 8.22. The lowest BCUT2D eigenvalue weighted by molar-refractivity contribution is -0.164. The van der Waals surface area contributed by atoms with Gasteiger partial charge in [-0.25, -0.2) is 4.79 Å². The number of ether oxygens (including phenoxy) is 1. The Balaban J connectivity index is 3.95. The van der Waals surface area contributed by atoms with Gasteiger partial charge in [-0.3, -0.25) is 0 Å². The molecule has 0 aromatic heterocycles. The lowest BCUT2D eigenvalue weighted by atomic mass is 10.2. The summed E-state index contributed by atoms with van der Waals surface area (Å²) in [6, 6.07) is -0.245. The number of alkyl halides is 2. The maximum atomic E-state index is 12.6. The van der Waals surface area contributed by atoms with Gasteiger partial charge in [0, 0.05) is 13.2 Å². The summed E-state index contributed by atoms with van der Waals surface area (Å²) in [6.45, 7) is 1.21. The summed E-state index contributed by atoms with van der Waals surface area (Å²) in [5.41, 5.74) is 0. The summed E-state index contributed by atoms with van der Waals surface area (Å²) in [5, 5.41) is 10.6. The highest BCUT2D eigenvalue weighted by Gasteiger charge is 2.38. The summed E-state index contributed by atoms with van der Waals surface area (Å²) in [6.07, 6.45) is 0.601. The molecule has 0 aromatic carbocycles. The third-order valence-corrected chi connectivity index (χ3v) is 1.79. The van der Waals surface area contributed by atoms with Gasteiger partial charge in [0.2, 0.25) is 0 Å². The van der Waals surface area contributed by atoms with Crippen LogP contribution in [0.3, 0.4) is 0 Å². The van der Waals surface area contributed by atoms with Crippen LogP contribution in [0.1, 0.15) is 13.3 Å². The lowest BCUT2D eigenvalue weighted by Gasteiger charge is -2.18. The SMILES string of the molecule is CCC(COC)NCC(F)(F)C(=O)O. The van der Waals surface area contributed by atoms with E-state index >= 15 is 0 Å². The second-order valence-electron chi connectivity index (χ2n) is 2.95. The van der Waals surface area contributed by atoms with E-state index in [1.54, 1.807) is 6.92 Å². The van der Waals surface area contributed by atoms with Crippen molar-refractivity contribution in [3.8, 4) is 0 Å². The average Bonchev–Trinajstić information content (AvgIpc) is 2.12. The predicted molar refractivity (Wildman–Crippen MR) is 46.5 cm³/mol. The molecular weight excluding hydrogens is 196 g/mol. The molecule has 0 heterocycles. The Morgan fingerprint density at radius 1 is 1.64 bits per heavy atom. The number of carbonyl (C=O) groups is 1. The van der Waals surface area contributed by atoms with Crippen LogP contribution in [0.4, 0.5) is 8.78 Å². The first kappa shape index (κ1) is 13.2. The lowest BCUT2D eigenvalue weighted by Crippen LogP contribution is -2.45. The van der Waals surface area contributed by atoms with Crippen molar-refractivity contribution in [1.29, 1.82) is 0 Å². The molecule has 2 N–H and O–H groups in total. The van der Waals surface area contributed by atoms with Crippen LogP contribution in [-0.2, 0) is 9.53 Å². The van der Waals surface area contributed by atoms with Crippen LogP contribution in [0.5, 0.6) is 0 Å². The average molecular weight is 211 g/mol. The number of hydrogen-bond donors (Lipinski definition) is 2. The normalized spacial score (nSPS) is 14.0. The second-order valence-corrected chi connectivity index (χ2v) is 2.95. The number of rotatable bonds is 7. The molecule has 0 aliphatic rings. The first-order valence-electron chi connectivity index (χ1n) is 4.27. The molecule has 1 atom stereocenters. The fraction of sp³-hybridized carbons (Fsp3) is 0.875. The third-order valence-electron chi connectivity index (χ3n) is 1.79. The second kappa shape index (κ2) is 5.87. The highest BCUT2D eigenvalue weighted by atomic mass is 19.3. The van der Waals surface area contributed by atoms with Gasteiger partial charge in [-0.05, 0) is 6.42 Å². The molecular formula is C8H15F2NO3.